The van der Waals surface area contributed by atoms with Gasteiger partial charge in [0.1, 0.15) is 16.4 Å². The van der Waals surface area contributed by atoms with Crippen molar-refractivity contribution in [3.63, 3.8) is 0 Å². The molecule has 146 valence electrons. The summed E-state index contributed by atoms with van der Waals surface area (Å²) in [7, 11) is 0.721. The quantitative estimate of drug-likeness (QED) is 0.683. The Morgan fingerprint density at radius 1 is 1.07 bits per heavy atom. The van der Waals surface area contributed by atoms with Crippen LogP contribution < -0.4 is 14.8 Å². The number of nitrogens with one attached hydrogen (secondary N) is 1. The number of carbonyl (C=O) groups excluding carboxylic acids is 1. The Morgan fingerprint density at radius 2 is 1.86 bits per heavy atom. The van der Waals surface area contributed by atoms with Gasteiger partial charge in [-0.25, -0.2) is 8.42 Å². The summed E-state index contributed by atoms with van der Waals surface area (Å²) in [5, 5.41) is 3.25. The van der Waals surface area contributed by atoms with Gasteiger partial charge in [-0.15, -0.1) is 0 Å². The predicted molar refractivity (Wildman–Crippen MR) is 106 cm³/mol. The molecule has 8 heteroatoms. The average molecular weight is 400 g/mol. The van der Waals surface area contributed by atoms with E-state index in [1.807, 2.05) is 0 Å². The van der Waals surface area contributed by atoms with E-state index < -0.39 is 9.84 Å². The number of pyridine rings is 1. The van der Waals surface area contributed by atoms with Crippen LogP contribution in [0, 0.1) is 0 Å². The van der Waals surface area contributed by atoms with Crippen LogP contribution in [-0.4, -0.2) is 40.6 Å². The van der Waals surface area contributed by atoms with Crippen molar-refractivity contribution < 1.29 is 22.7 Å². The molecule has 3 aromatic rings. The van der Waals surface area contributed by atoms with Gasteiger partial charge in [0.15, 0.2) is 9.84 Å². The summed E-state index contributed by atoms with van der Waals surface area (Å²) in [4.78, 5) is 16.2. The molecular weight excluding hydrogens is 380 g/mol. The van der Waals surface area contributed by atoms with E-state index in [-0.39, 0.29) is 22.3 Å². The zero-order valence-corrected chi connectivity index (χ0v) is 16.5. The third-order valence-corrected chi connectivity index (χ3v) is 5.99. The highest BCUT2D eigenvalue weighted by molar-refractivity contribution is 7.90. The first-order valence-corrected chi connectivity index (χ1v) is 10.1. The van der Waals surface area contributed by atoms with Gasteiger partial charge in [-0.05, 0) is 42.0 Å². The number of rotatable bonds is 6. The number of amides is 1. The molecule has 1 N–H and O–H groups in total. The monoisotopic (exact) mass is 400 g/mol. The number of sulfone groups is 1. The molecule has 0 aliphatic heterocycles. The molecule has 1 amide bonds. The number of benzene rings is 2. The Kier molecular flexibility index (Phi) is 5.51. The van der Waals surface area contributed by atoms with E-state index in [9.17, 15) is 13.2 Å². The van der Waals surface area contributed by atoms with Crippen molar-refractivity contribution in [3.05, 3.63) is 59.8 Å². The molecule has 28 heavy (non-hydrogen) atoms. The normalized spacial score (nSPS) is 11.2. The molecule has 2 aromatic carbocycles. The first kappa shape index (κ1) is 19.6. The Bertz CT molecular complexity index is 1140. The van der Waals surface area contributed by atoms with Gasteiger partial charge in [-0.2, -0.15) is 0 Å². The summed E-state index contributed by atoms with van der Waals surface area (Å²) >= 11 is 0. The molecule has 0 aliphatic carbocycles. The van der Waals surface area contributed by atoms with Gasteiger partial charge in [-0.3, -0.25) is 9.78 Å². The second-order valence-corrected chi connectivity index (χ2v) is 8.06. The van der Waals surface area contributed by atoms with E-state index in [4.69, 9.17) is 9.47 Å². The summed E-state index contributed by atoms with van der Waals surface area (Å²) in [5.41, 5.74) is 1.66. The standard InChI is InChI=1S/C20H20N2O5S/c1-21-20(23)14-4-6-17-15(9-14)8-13(11-22-17)12-28(24,25)19-10-16(26-2)5-7-18(19)27-3/h4-11H,12H2,1-3H3,(H,21,23). The summed E-state index contributed by atoms with van der Waals surface area (Å²) in [5.74, 6) is 0.188. The smallest absolute Gasteiger partial charge is 0.251 e. The van der Waals surface area contributed by atoms with Crippen molar-refractivity contribution in [1.29, 1.82) is 0 Å². The lowest BCUT2D eigenvalue weighted by Crippen LogP contribution is -2.17. The molecule has 1 heterocycles. The second kappa shape index (κ2) is 7.85. The van der Waals surface area contributed by atoms with Crippen LogP contribution in [0.15, 0.2) is 53.6 Å². The number of ether oxygens (including phenoxy) is 2. The Morgan fingerprint density at radius 3 is 2.54 bits per heavy atom. The van der Waals surface area contributed by atoms with E-state index in [0.29, 0.717) is 27.8 Å². The average Bonchev–Trinajstić information content (AvgIpc) is 2.71. The molecule has 0 saturated heterocycles. The molecular formula is C20H20N2O5S. The molecule has 0 fully saturated rings. The molecule has 0 bridgehead atoms. The van der Waals surface area contributed by atoms with Crippen LogP contribution in [0.4, 0.5) is 0 Å². The van der Waals surface area contributed by atoms with Gasteiger partial charge in [0.05, 0.1) is 25.5 Å². The SMILES string of the molecule is CNC(=O)c1ccc2ncc(CS(=O)(=O)c3cc(OC)ccc3OC)cc2c1. The maximum atomic E-state index is 13.0. The van der Waals surface area contributed by atoms with Crippen LogP contribution in [0.1, 0.15) is 15.9 Å². The summed E-state index contributed by atoms with van der Waals surface area (Å²) in [6.45, 7) is 0. The van der Waals surface area contributed by atoms with Crippen molar-refractivity contribution in [1.82, 2.24) is 10.3 Å². The second-order valence-electron chi connectivity index (χ2n) is 6.11. The van der Waals surface area contributed by atoms with Crippen molar-refractivity contribution >= 4 is 26.6 Å². The number of aromatic nitrogens is 1. The molecule has 0 spiro atoms. The minimum absolute atomic E-state index is 0.0496. The first-order valence-electron chi connectivity index (χ1n) is 8.43. The number of methoxy groups -OCH3 is 2. The van der Waals surface area contributed by atoms with E-state index in [2.05, 4.69) is 10.3 Å². The van der Waals surface area contributed by atoms with Gasteiger partial charge in [0.2, 0.25) is 0 Å². The van der Waals surface area contributed by atoms with Gasteiger partial charge < -0.3 is 14.8 Å². The van der Waals surface area contributed by atoms with E-state index in [0.717, 1.165) is 0 Å². The highest BCUT2D eigenvalue weighted by Crippen LogP contribution is 2.31. The van der Waals surface area contributed by atoms with Crippen molar-refractivity contribution in [2.24, 2.45) is 0 Å². The topological polar surface area (TPSA) is 94.6 Å². The number of hydrogen-bond donors (Lipinski definition) is 1. The molecule has 0 aliphatic rings. The van der Waals surface area contributed by atoms with Gasteiger partial charge in [0, 0.05) is 30.3 Å². The fourth-order valence-electron chi connectivity index (χ4n) is 2.87. The third-order valence-electron chi connectivity index (χ3n) is 4.29. The first-order chi connectivity index (χ1) is 13.4. The Hall–Kier alpha value is -3.13. The highest BCUT2D eigenvalue weighted by Gasteiger charge is 2.22. The van der Waals surface area contributed by atoms with Crippen LogP contribution in [0.5, 0.6) is 11.5 Å². The molecule has 7 nitrogen and oxygen atoms in total. The number of nitrogens with zero attached hydrogens (tertiary/aromatic N) is 1. The number of carbonyl (C=O) groups is 1. The number of fused-ring (bicyclic) bond motifs is 1. The van der Waals surface area contributed by atoms with Gasteiger partial charge >= 0.3 is 0 Å². The minimum atomic E-state index is -3.71. The van der Waals surface area contributed by atoms with Crippen LogP contribution in [-0.2, 0) is 15.6 Å². The van der Waals surface area contributed by atoms with Gasteiger partial charge in [-0.1, -0.05) is 0 Å². The van der Waals surface area contributed by atoms with E-state index in [1.165, 1.54) is 26.5 Å². The van der Waals surface area contributed by atoms with Crippen molar-refractivity contribution in [3.8, 4) is 11.5 Å². The summed E-state index contributed by atoms with van der Waals surface area (Å²) in [6.07, 6.45) is 1.52. The van der Waals surface area contributed by atoms with Crippen LogP contribution in [0.25, 0.3) is 10.9 Å². The molecule has 0 saturated carbocycles. The van der Waals surface area contributed by atoms with Crippen LogP contribution in [0.2, 0.25) is 0 Å². The Balaban J connectivity index is 2.00. The molecule has 0 unspecified atom stereocenters. The Labute approximate surface area is 163 Å². The van der Waals surface area contributed by atoms with Crippen LogP contribution in [0.3, 0.4) is 0 Å². The van der Waals surface area contributed by atoms with E-state index >= 15 is 0 Å². The number of hydrogen-bond acceptors (Lipinski definition) is 6. The largest absolute Gasteiger partial charge is 0.497 e. The lowest BCUT2D eigenvalue weighted by Gasteiger charge is -2.11. The maximum Gasteiger partial charge on any atom is 0.251 e. The zero-order chi connectivity index (χ0) is 20.3. The summed E-state index contributed by atoms with van der Waals surface area (Å²) < 4.78 is 36.3. The molecule has 0 radical (unpaired) electrons. The lowest BCUT2D eigenvalue weighted by atomic mass is 10.1. The predicted octanol–water partition coefficient (Wildman–Crippen LogP) is 2.59. The lowest BCUT2D eigenvalue weighted by molar-refractivity contribution is 0.0963. The summed E-state index contributed by atoms with van der Waals surface area (Å²) in [6, 6.07) is 11.4. The molecule has 1 aromatic heterocycles. The van der Waals surface area contributed by atoms with Crippen molar-refractivity contribution in [2.75, 3.05) is 21.3 Å². The fourth-order valence-corrected chi connectivity index (χ4v) is 4.37. The highest BCUT2D eigenvalue weighted by atomic mass is 32.2. The molecule has 3 rings (SSSR count). The maximum absolute atomic E-state index is 13.0. The van der Waals surface area contributed by atoms with Crippen molar-refractivity contribution in [2.45, 2.75) is 10.6 Å². The molecule has 0 atom stereocenters. The zero-order valence-electron chi connectivity index (χ0n) is 15.7. The third kappa shape index (κ3) is 3.91. The van der Waals surface area contributed by atoms with Crippen LogP contribution >= 0.6 is 0 Å². The minimum Gasteiger partial charge on any atom is -0.497 e. The van der Waals surface area contributed by atoms with E-state index in [1.54, 1.807) is 43.4 Å². The van der Waals surface area contributed by atoms with Gasteiger partial charge in [0.25, 0.3) is 5.91 Å². The fraction of sp³-hybridized carbons (Fsp3) is 0.200.